The maximum absolute atomic E-state index is 12.1. The third kappa shape index (κ3) is 3.67. The van der Waals surface area contributed by atoms with Gasteiger partial charge in [0.2, 0.25) is 0 Å². The Hall–Kier alpha value is -1.36. The molecule has 3 fully saturated rings. The third-order valence-corrected chi connectivity index (χ3v) is 7.69. The lowest BCUT2D eigenvalue weighted by Crippen LogP contribution is -2.54. The number of ether oxygens (including phenoxy) is 3. The lowest BCUT2D eigenvalue weighted by atomic mass is 9.46. The van der Waals surface area contributed by atoms with Gasteiger partial charge in [0.15, 0.2) is 0 Å². The first-order valence-corrected chi connectivity index (χ1v) is 10.2. The van der Waals surface area contributed by atoms with Crippen LogP contribution >= 0.6 is 0 Å². The molecule has 5 heteroatoms. The third-order valence-electron chi connectivity index (χ3n) is 7.69. The number of esters is 2. The van der Waals surface area contributed by atoms with E-state index in [1.54, 1.807) is 0 Å². The van der Waals surface area contributed by atoms with Crippen molar-refractivity contribution >= 4 is 11.9 Å². The number of rotatable bonds is 5. The average molecular weight is 379 g/mol. The molecule has 5 nitrogen and oxygen atoms in total. The molecule has 152 valence electrons. The minimum absolute atomic E-state index is 0.0400. The summed E-state index contributed by atoms with van der Waals surface area (Å²) in [6.45, 7) is 8.06. The summed E-state index contributed by atoms with van der Waals surface area (Å²) in [5.41, 5.74) is 0.880. The summed E-state index contributed by atoms with van der Waals surface area (Å²) in [7, 11) is 2.68. The SMILES string of the molecule is COC(=O)C/C(=C\C[C@H]1C2(CCC3C(C)(C)CCC[C@@]31C)CO2)C(=O)OC. The van der Waals surface area contributed by atoms with Crippen molar-refractivity contribution in [3.63, 3.8) is 0 Å². The van der Waals surface area contributed by atoms with E-state index in [4.69, 9.17) is 14.2 Å². The molecule has 27 heavy (non-hydrogen) atoms. The number of fused-ring (bicyclic) bond motifs is 1. The summed E-state index contributed by atoms with van der Waals surface area (Å²) >= 11 is 0. The molecule has 0 N–H and O–H groups in total. The number of hydrogen-bond donors (Lipinski definition) is 0. The number of allylic oxidation sites excluding steroid dienone is 1. The van der Waals surface area contributed by atoms with Gasteiger partial charge in [-0.3, -0.25) is 4.79 Å². The van der Waals surface area contributed by atoms with Crippen LogP contribution in [0, 0.1) is 22.7 Å². The first-order valence-electron chi connectivity index (χ1n) is 10.2. The van der Waals surface area contributed by atoms with Crippen molar-refractivity contribution in [3.8, 4) is 0 Å². The fourth-order valence-corrected chi connectivity index (χ4v) is 6.24. The second-order valence-electron chi connectivity index (χ2n) is 9.55. The summed E-state index contributed by atoms with van der Waals surface area (Å²) in [6.07, 6.45) is 8.64. The Morgan fingerprint density at radius 2 is 1.81 bits per heavy atom. The van der Waals surface area contributed by atoms with Gasteiger partial charge in [0.1, 0.15) is 0 Å². The van der Waals surface area contributed by atoms with E-state index in [-0.39, 0.29) is 17.4 Å². The van der Waals surface area contributed by atoms with E-state index in [2.05, 4.69) is 20.8 Å². The van der Waals surface area contributed by atoms with Crippen molar-refractivity contribution in [1.82, 2.24) is 0 Å². The highest BCUT2D eigenvalue weighted by molar-refractivity contribution is 5.93. The van der Waals surface area contributed by atoms with Crippen LogP contribution in [0.15, 0.2) is 11.6 Å². The Morgan fingerprint density at radius 3 is 2.41 bits per heavy atom. The van der Waals surface area contributed by atoms with Gasteiger partial charge in [-0.25, -0.2) is 4.79 Å². The van der Waals surface area contributed by atoms with E-state index in [0.717, 1.165) is 19.4 Å². The zero-order valence-corrected chi connectivity index (χ0v) is 17.4. The van der Waals surface area contributed by atoms with E-state index in [1.165, 1.54) is 39.9 Å². The van der Waals surface area contributed by atoms with E-state index >= 15 is 0 Å². The molecule has 4 atom stereocenters. The van der Waals surface area contributed by atoms with Gasteiger partial charge in [-0.05, 0) is 54.8 Å². The molecule has 2 unspecified atom stereocenters. The van der Waals surface area contributed by atoms with Gasteiger partial charge in [0, 0.05) is 5.57 Å². The summed E-state index contributed by atoms with van der Waals surface area (Å²) in [5, 5.41) is 0. The molecule has 2 saturated carbocycles. The Kier molecular flexibility index (Phi) is 5.46. The van der Waals surface area contributed by atoms with E-state index in [9.17, 15) is 9.59 Å². The normalized spacial score (nSPS) is 37.4. The Bertz CT molecular complexity index is 631. The molecule has 1 spiro atoms. The molecular weight excluding hydrogens is 344 g/mol. The summed E-state index contributed by atoms with van der Waals surface area (Å²) < 4.78 is 15.6. The van der Waals surface area contributed by atoms with E-state index in [0.29, 0.717) is 22.8 Å². The van der Waals surface area contributed by atoms with Gasteiger partial charge < -0.3 is 14.2 Å². The molecular formula is C22H34O5. The predicted molar refractivity (Wildman–Crippen MR) is 102 cm³/mol. The summed E-state index contributed by atoms with van der Waals surface area (Å²) in [6, 6.07) is 0. The zero-order chi connectivity index (χ0) is 19.9. The minimum atomic E-state index is -0.451. The Balaban J connectivity index is 1.88. The van der Waals surface area contributed by atoms with Crippen molar-refractivity contribution in [2.75, 3.05) is 20.8 Å². The number of hydrogen-bond acceptors (Lipinski definition) is 5. The van der Waals surface area contributed by atoms with Crippen molar-refractivity contribution in [2.24, 2.45) is 22.7 Å². The molecule has 3 rings (SSSR count). The van der Waals surface area contributed by atoms with Gasteiger partial charge in [-0.1, -0.05) is 33.3 Å². The van der Waals surface area contributed by atoms with Crippen LogP contribution in [0.2, 0.25) is 0 Å². The van der Waals surface area contributed by atoms with Crippen LogP contribution in [-0.2, 0) is 23.8 Å². The lowest BCUT2D eigenvalue weighted by molar-refractivity contribution is -0.143. The second kappa shape index (κ2) is 7.23. The number of carbonyl (C=O) groups is 2. The molecule has 0 aromatic rings. The quantitative estimate of drug-likeness (QED) is 0.410. The van der Waals surface area contributed by atoms with Gasteiger partial charge in [0.25, 0.3) is 0 Å². The van der Waals surface area contributed by atoms with Gasteiger partial charge in [-0.2, -0.15) is 0 Å². The Morgan fingerprint density at radius 1 is 1.11 bits per heavy atom. The number of carbonyl (C=O) groups excluding carboxylic acids is 2. The van der Waals surface area contributed by atoms with Crippen molar-refractivity contribution < 1.29 is 23.8 Å². The standard InChI is InChI=1S/C22H34O5/c1-20(2)10-6-11-21(3)16(20)9-12-22(14-27-22)17(21)8-7-15(19(24)26-5)13-18(23)25-4/h7,16-17H,6,8-14H2,1-5H3/b15-7+/t16?,17-,21+,22?/m1/s1. The monoisotopic (exact) mass is 378 g/mol. The van der Waals surface area contributed by atoms with Crippen LogP contribution in [0.1, 0.15) is 65.7 Å². The molecule has 0 amide bonds. The van der Waals surface area contributed by atoms with Crippen LogP contribution in [0.4, 0.5) is 0 Å². The fourth-order valence-electron chi connectivity index (χ4n) is 6.24. The molecule has 0 aromatic heterocycles. The maximum atomic E-state index is 12.1. The molecule has 1 aliphatic heterocycles. The molecule has 0 radical (unpaired) electrons. The van der Waals surface area contributed by atoms with Crippen LogP contribution in [0.5, 0.6) is 0 Å². The molecule has 3 aliphatic rings. The maximum Gasteiger partial charge on any atom is 0.333 e. The highest BCUT2D eigenvalue weighted by Gasteiger charge is 2.64. The summed E-state index contributed by atoms with van der Waals surface area (Å²) in [5.74, 6) is 0.151. The van der Waals surface area contributed by atoms with Crippen LogP contribution < -0.4 is 0 Å². The van der Waals surface area contributed by atoms with Crippen LogP contribution in [-0.4, -0.2) is 38.4 Å². The van der Waals surface area contributed by atoms with Gasteiger partial charge >= 0.3 is 11.9 Å². The lowest BCUT2D eigenvalue weighted by Gasteiger charge is -2.59. The zero-order valence-electron chi connectivity index (χ0n) is 17.4. The molecule has 1 heterocycles. The van der Waals surface area contributed by atoms with Crippen molar-refractivity contribution in [3.05, 3.63) is 11.6 Å². The average Bonchev–Trinajstić information content (AvgIpc) is 3.38. The topological polar surface area (TPSA) is 65.1 Å². The van der Waals surface area contributed by atoms with Crippen LogP contribution in [0.3, 0.4) is 0 Å². The minimum Gasteiger partial charge on any atom is -0.469 e. The number of epoxide rings is 1. The highest BCUT2D eigenvalue weighted by atomic mass is 16.6. The predicted octanol–water partition coefficient (Wildman–Crippen LogP) is 4.05. The Labute approximate surface area is 162 Å². The fraction of sp³-hybridized carbons (Fsp3) is 0.818. The van der Waals surface area contributed by atoms with Crippen molar-refractivity contribution in [1.29, 1.82) is 0 Å². The second-order valence-corrected chi connectivity index (χ2v) is 9.55. The first-order chi connectivity index (χ1) is 12.7. The van der Waals surface area contributed by atoms with Gasteiger partial charge in [-0.15, -0.1) is 0 Å². The largest absolute Gasteiger partial charge is 0.469 e. The van der Waals surface area contributed by atoms with Crippen LogP contribution in [0.25, 0.3) is 0 Å². The van der Waals surface area contributed by atoms with E-state index < -0.39 is 11.9 Å². The smallest absolute Gasteiger partial charge is 0.333 e. The van der Waals surface area contributed by atoms with Gasteiger partial charge in [0.05, 0.1) is 32.8 Å². The van der Waals surface area contributed by atoms with E-state index in [1.807, 2.05) is 6.08 Å². The molecule has 0 bridgehead atoms. The first kappa shape index (κ1) is 20.4. The summed E-state index contributed by atoms with van der Waals surface area (Å²) in [4.78, 5) is 23.9. The molecule has 0 aromatic carbocycles. The number of methoxy groups -OCH3 is 2. The van der Waals surface area contributed by atoms with Crippen molar-refractivity contribution in [2.45, 2.75) is 71.3 Å². The molecule has 2 aliphatic carbocycles. The highest BCUT2D eigenvalue weighted by Crippen LogP contribution is 2.66. The molecule has 1 saturated heterocycles.